The molecule has 6 heteroatoms. The molecule has 0 fully saturated rings. The number of sulfone groups is 1. The molecule has 0 atom stereocenters. The number of aliphatic imine (C=N–C) groups is 1. The fourth-order valence-electron chi connectivity index (χ4n) is 2.95. The molecule has 2 aromatic carbocycles. The van der Waals surface area contributed by atoms with Crippen LogP contribution in [0.3, 0.4) is 0 Å². The first-order valence-corrected chi connectivity index (χ1v) is 11.8. The first-order valence-electron chi connectivity index (χ1n) is 9.92. The molecule has 29 heavy (non-hydrogen) atoms. The first-order chi connectivity index (χ1) is 13.6. The molecule has 0 radical (unpaired) electrons. The van der Waals surface area contributed by atoms with Gasteiger partial charge in [-0.3, -0.25) is 4.99 Å². The molecule has 0 unspecified atom stereocenters. The topological polar surface area (TPSA) is 70.6 Å². The molecule has 0 aromatic heterocycles. The van der Waals surface area contributed by atoms with Crippen molar-refractivity contribution in [2.24, 2.45) is 4.99 Å². The van der Waals surface area contributed by atoms with Gasteiger partial charge >= 0.3 is 0 Å². The smallest absolute Gasteiger partial charge is 0.190 e. The predicted molar refractivity (Wildman–Crippen MR) is 121 cm³/mol. The van der Waals surface area contributed by atoms with Gasteiger partial charge in [0.25, 0.3) is 0 Å². The number of hydrogen-bond donors (Lipinski definition) is 2. The van der Waals surface area contributed by atoms with E-state index in [1.54, 1.807) is 19.2 Å². The summed E-state index contributed by atoms with van der Waals surface area (Å²) in [5.74, 6) is 0.768. The highest BCUT2D eigenvalue weighted by Crippen LogP contribution is 2.22. The molecule has 0 aliphatic carbocycles. The molecule has 0 aliphatic rings. The van der Waals surface area contributed by atoms with Gasteiger partial charge in [-0.05, 0) is 47.1 Å². The van der Waals surface area contributed by atoms with Crippen molar-refractivity contribution in [2.75, 3.05) is 26.4 Å². The highest BCUT2D eigenvalue weighted by Gasteiger charge is 2.12. The van der Waals surface area contributed by atoms with E-state index >= 15 is 0 Å². The standard InChI is InChI=1S/C23H33N3O2S/c1-23(2,3)20-10-6-18(7-11-20)14-16-25-22(24-4)26-17-15-19-8-12-21(13-9-19)29(5,27)28/h6-13H,14-17H2,1-5H3,(H2,24,25,26). The number of nitrogens with one attached hydrogen (secondary N) is 2. The molecule has 2 rings (SSSR count). The van der Waals surface area contributed by atoms with Crippen molar-refractivity contribution >= 4 is 15.8 Å². The minimum Gasteiger partial charge on any atom is -0.356 e. The molecule has 5 nitrogen and oxygen atoms in total. The second kappa shape index (κ2) is 9.92. The maximum Gasteiger partial charge on any atom is 0.190 e. The maximum absolute atomic E-state index is 11.5. The van der Waals surface area contributed by atoms with Crippen LogP contribution in [0.15, 0.2) is 58.4 Å². The lowest BCUT2D eigenvalue weighted by atomic mass is 9.86. The lowest BCUT2D eigenvalue weighted by Crippen LogP contribution is -2.39. The Morgan fingerprint density at radius 3 is 1.69 bits per heavy atom. The Morgan fingerprint density at radius 1 is 0.862 bits per heavy atom. The second-order valence-electron chi connectivity index (χ2n) is 8.29. The summed E-state index contributed by atoms with van der Waals surface area (Å²) in [6, 6.07) is 15.8. The fraction of sp³-hybridized carbons (Fsp3) is 0.435. The largest absolute Gasteiger partial charge is 0.356 e. The van der Waals surface area contributed by atoms with Crippen LogP contribution in [-0.4, -0.2) is 40.8 Å². The van der Waals surface area contributed by atoms with E-state index in [0.29, 0.717) is 4.90 Å². The van der Waals surface area contributed by atoms with Crippen molar-refractivity contribution in [3.8, 4) is 0 Å². The van der Waals surface area contributed by atoms with Crippen LogP contribution in [0.2, 0.25) is 0 Å². The zero-order chi connectivity index (χ0) is 21.5. The summed E-state index contributed by atoms with van der Waals surface area (Å²) < 4.78 is 23.0. The van der Waals surface area contributed by atoms with Gasteiger partial charge in [0.05, 0.1) is 4.90 Å². The Labute approximate surface area is 175 Å². The molecule has 0 spiro atoms. The van der Waals surface area contributed by atoms with E-state index in [1.165, 1.54) is 17.4 Å². The van der Waals surface area contributed by atoms with Crippen LogP contribution in [0.1, 0.15) is 37.5 Å². The van der Waals surface area contributed by atoms with E-state index < -0.39 is 9.84 Å². The van der Waals surface area contributed by atoms with Crippen LogP contribution in [0.5, 0.6) is 0 Å². The SMILES string of the molecule is CN=C(NCCc1ccc(C(C)(C)C)cc1)NCCc1ccc(S(C)(=O)=O)cc1. The Morgan fingerprint density at radius 2 is 1.31 bits per heavy atom. The maximum atomic E-state index is 11.5. The second-order valence-corrected chi connectivity index (χ2v) is 10.3. The van der Waals surface area contributed by atoms with Gasteiger partial charge < -0.3 is 10.6 Å². The lowest BCUT2D eigenvalue weighted by molar-refractivity contribution is 0.590. The Bertz CT molecular complexity index is 910. The molecular weight excluding hydrogens is 382 g/mol. The number of benzene rings is 2. The number of rotatable bonds is 7. The van der Waals surface area contributed by atoms with Crippen molar-refractivity contribution < 1.29 is 8.42 Å². The van der Waals surface area contributed by atoms with Crippen molar-refractivity contribution in [2.45, 2.75) is 43.9 Å². The highest BCUT2D eigenvalue weighted by atomic mass is 32.2. The molecule has 0 saturated carbocycles. The molecule has 0 saturated heterocycles. The van der Waals surface area contributed by atoms with Crippen LogP contribution in [-0.2, 0) is 28.1 Å². The molecular formula is C23H33N3O2S. The lowest BCUT2D eigenvalue weighted by Gasteiger charge is -2.19. The van der Waals surface area contributed by atoms with Crippen molar-refractivity contribution in [1.29, 1.82) is 0 Å². The van der Waals surface area contributed by atoms with Gasteiger partial charge in [-0.15, -0.1) is 0 Å². The Kier molecular flexibility index (Phi) is 7.85. The van der Waals surface area contributed by atoms with Gasteiger partial charge in [0.15, 0.2) is 15.8 Å². The van der Waals surface area contributed by atoms with Crippen LogP contribution in [0, 0.1) is 0 Å². The summed E-state index contributed by atoms with van der Waals surface area (Å²) in [5, 5.41) is 6.64. The van der Waals surface area contributed by atoms with Gasteiger partial charge in [-0.1, -0.05) is 57.2 Å². The van der Waals surface area contributed by atoms with Gasteiger partial charge in [-0.2, -0.15) is 0 Å². The highest BCUT2D eigenvalue weighted by molar-refractivity contribution is 7.90. The summed E-state index contributed by atoms with van der Waals surface area (Å²) >= 11 is 0. The average Bonchev–Trinajstić information content (AvgIpc) is 2.66. The van der Waals surface area contributed by atoms with Crippen LogP contribution in [0.25, 0.3) is 0 Å². The van der Waals surface area contributed by atoms with E-state index in [-0.39, 0.29) is 5.41 Å². The fourth-order valence-corrected chi connectivity index (χ4v) is 3.58. The van der Waals surface area contributed by atoms with Gasteiger partial charge in [0, 0.05) is 26.4 Å². The van der Waals surface area contributed by atoms with Crippen molar-refractivity contribution in [1.82, 2.24) is 10.6 Å². The van der Waals surface area contributed by atoms with E-state index in [2.05, 4.69) is 60.7 Å². The van der Waals surface area contributed by atoms with Gasteiger partial charge in [0.2, 0.25) is 0 Å². The van der Waals surface area contributed by atoms with Crippen molar-refractivity contribution in [3.05, 3.63) is 65.2 Å². The number of nitrogens with zero attached hydrogens (tertiary/aromatic N) is 1. The van der Waals surface area contributed by atoms with E-state index in [0.717, 1.165) is 37.5 Å². The van der Waals surface area contributed by atoms with E-state index in [1.807, 2.05) is 12.1 Å². The summed E-state index contributed by atoms with van der Waals surface area (Å²) in [6.45, 7) is 8.19. The third kappa shape index (κ3) is 7.54. The molecule has 0 amide bonds. The third-order valence-electron chi connectivity index (χ3n) is 4.81. The summed E-state index contributed by atoms with van der Waals surface area (Å²) in [6.07, 6.45) is 2.94. The summed E-state index contributed by atoms with van der Waals surface area (Å²) in [7, 11) is -1.39. The Hall–Kier alpha value is -2.34. The number of guanidine groups is 1. The first kappa shape index (κ1) is 22.9. The summed E-state index contributed by atoms with van der Waals surface area (Å²) in [5.41, 5.74) is 3.90. The van der Waals surface area contributed by atoms with E-state index in [4.69, 9.17) is 0 Å². The molecule has 0 bridgehead atoms. The predicted octanol–water partition coefficient (Wildman–Crippen LogP) is 3.34. The zero-order valence-corrected chi connectivity index (χ0v) is 18.9. The quantitative estimate of drug-likeness (QED) is 0.537. The van der Waals surface area contributed by atoms with Gasteiger partial charge in [0.1, 0.15) is 0 Å². The molecule has 2 N–H and O–H groups in total. The average molecular weight is 416 g/mol. The van der Waals surface area contributed by atoms with Crippen molar-refractivity contribution in [3.63, 3.8) is 0 Å². The molecule has 0 heterocycles. The van der Waals surface area contributed by atoms with Crippen LogP contribution in [0.4, 0.5) is 0 Å². The molecule has 158 valence electrons. The normalized spacial score (nSPS) is 12.7. The van der Waals surface area contributed by atoms with Crippen LogP contribution < -0.4 is 10.6 Å². The Balaban J connectivity index is 1.75. The minimum atomic E-state index is -3.15. The zero-order valence-electron chi connectivity index (χ0n) is 18.1. The minimum absolute atomic E-state index is 0.174. The van der Waals surface area contributed by atoms with E-state index in [9.17, 15) is 8.42 Å². The monoisotopic (exact) mass is 415 g/mol. The van der Waals surface area contributed by atoms with Gasteiger partial charge in [-0.25, -0.2) is 8.42 Å². The van der Waals surface area contributed by atoms with Crippen LogP contribution >= 0.6 is 0 Å². The number of hydrogen-bond acceptors (Lipinski definition) is 3. The molecule has 2 aromatic rings. The third-order valence-corrected chi connectivity index (χ3v) is 5.94. The summed E-state index contributed by atoms with van der Waals surface area (Å²) in [4.78, 5) is 4.61. The molecule has 0 aliphatic heterocycles.